The summed E-state index contributed by atoms with van der Waals surface area (Å²) in [5.74, 6) is 0.286. The van der Waals surface area contributed by atoms with Gasteiger partial charge in [-0.1, -0.05) is 17.7 Å². The number of hydrogen-bond acceptors (Lipinski definition) is 5. The number of amides is 1. The molecular weight excluding hydrogens is 336 g/mol. The van der Waals surface area contributed by atoms with Crippen LogP contribution in [0.1, 0.15) is 17.4 Å². The zero-order valence-electron chi connectivity index (χ0n) is 12.8. The van der Waals surface area contributed by atoms with Crippen molar-refractivity contribution >= 4 is 28.8 Å². The van der Waals surface area contributed by atoms with Gasteiger partial charge in [-0.05, 0) is 36.1 Å². The van der Waals surface area contributed by atoms with Gasteiger partial charge in [0.05, 0.1) is 11.6 Å². The normalized spacial score (nSPS) is 10.5. The van der Waals surface area contributed by atoms with Gasteiger partial charge in [0.1, 0.15) is 0 Å². The molecule has 0 radical (unpaired) electrons. The number of benzene rings is 1. The molecule has 0 fully saturated rings. The predicted molar refractivity (Wildman–Crippen MR) is 92.2 cm³/mol. The Morgan fingerprint density at radius 2 is 2.17 bits per heavy atom. The van der Waals surface area contributed by atoms with Crippen molar-refractivity contribution in [2.75, 3.05) is 13.2 Å². The lowest BCUT2D eigenvalue weighted by molar-refractivity contribution is -0.119. The number of ether oxygens (including phenoxy) is 2. The van der Waals surface area contributed by atoms with Gasteiger partial charge in [0, 0.05) is 18.0 Å². The van der Waals surface area contributed by atoms with Gasteiger partial charge < -0.3 is 20.5 Å². The van der Waals surface area contributed by atoms with Gasteiger partial charge in [0.25, 0.3) is 5.91 Å². The van der Waals surface area contributed by atoms with Gasteiger partial charge in [-0.2, -0.15) is 0 Å². The molecule has 3 N–H and O–H groups in total. The first-order valence-corrected chi connectivity index (χ1v) is 8.45. The van der Waals surface area contributed by atoms with E-state index < -0.39 is 5.91 Å². The highest BCUT2D eigenvalue weighted by Gasteiger charge is 2.13. The van der Waals surface area contributed by atoms with E-state index in [0.717, 1.165) is 12.1 Å². The van der Waals surface area contributed by atoms with E-state index in [9.17, 15) is 4.79 Å². The molecule has 5 nitrogen and oxygen atoms in total. The third-order valence-corrected chi connectivity index (χ3v) is 4.09. The molecule has 1 aromatic heterocycles. The molecule has 0 saturated carbocycles. The minimum Gasteiger partial charge on any atom is -0.490 e. The second-order valence-corrected chi connectivity index (χ2v) is 6.22. The van der Waals surface area contributed by atoms with Gasteiger partial charge >= 0.3 is 0 Å². The number of primary amides is 1. The number of hydrogen-bond donors (Lipinski definition) is 2. The lowest BCUT2D eigenvalue weighted by Crippen LogP contribution is -2.20. The fourth-order valence-electron chi connectivity index (χ4n) is 2.01. The van der Waals surface area contributed by atoms with Crippen LogP contribution in [0.25, 0.3) is 0 Å². The van der Waals surface area contributed by atoms with Crippen molar-refractivity contribution in [2.24, 2.45) is 5.73 Å². The zero-order chi connectivity index (χ0) is 16.7. The molecule has 2 aromatic rings. The standard InChI is InChI=1S/C16H19ClN2O3S/c1-2-21-14-7-11(8-19-9-12-4-3-5-23-12)6-13(17)16(14)22-10-15(18)20/h3-7,19H,2,8-10H2,1H3,(H2,18,20). The molecule has 0 aliphatic heterocycles. The molecule has 0 saturated heterocycles. The largest absolute Gasteiger partial charge is 0.490 e. The predicted octanol–water partition coefficient (Wildman–Crippen LogP) is 2.95. The molecule has 23 heavy (non-hydrogen) atoms. The summed E-state index contributed by atoms with van der Waals surface area (Å²) in [5, 5.41) is 5.79. The van der Waals surface area contributed by atoms with E-state index in [2.05, 4.69) is 11.4 Å². The van der Waals surface area contributed by atoms with Crippen LogP contribution >= 0.6 is 22.9 Å². The van der Waals surface area contributed by atoms with Crippen LogP contribution in [0.2, 0.25) is 5.02 Å². The van der Waals surface area contributed by atoms with Gasteiger partial charge in [-0.15, -0.1) is 11.3 Å². The smallest absolute Gasteiger partial charge is 0.255 e. The summed E-state index contributed by atoms with van der Waals surface area (Å²) >= 11 is 7.96. The first kappa shape index (κ1) is 17.6. The van der Waals surface area contributed by atoms with Crippen molar-refractivity contribution in [1.82, 2.24) is 5.32 Å². The third kappa shape index (κ3) is 5.42. The number of rotatable bonds is 9. The topological polar surface area (TPSA) is 73.6 Å². The van der Waals surface area contributed by atoms with E-state index in [-0.39, 0.29) is 6.61 Å². The highest BCUT2D eigenvalue weighted by molar-refractivity contribution is 7.09. The quantitative estimate of drug-likeness (QED) is 0.726. The third-order valence-electron chi connectivity index (χ3n) is 2.94. The first-order chi connectivity index (χ1) is 11.1. The van der Waals surface area contributed by atoms with E-state index in [1.165, 1.54) is 4.88 Å². The lowest BCUT2D eigenvalue weighted by Gasteiger charge is -2.14. The Kier molecular flexibility index (Phi) is 6.70. The summed E-state index contributed by atoms with van der Waals surface area (Å²) in [5.41, 5.74) is 6.07. The molecule has 1 aromatic carbocycles. The molecule has 0 spiro atoms. The maximum absolute atomic E-state index is 10.9. The Balaban J connectivity index is 2.06. The zero-order valence-corrected chi connectivity index (χ0v) is 14.4. The second-order valence-electron chi connectivity index (χ2n) is 4.78. The highest BCUT2D eigenvalue weighted by atomic mass is 35.5. The van der Waals surface area contributed by atoms with Crippen molar-refractivity contribution in [3.63, 3.8) is 0 Å². The van der Waals surface area contributed by atoms with Crippen molar-refractivity contribution in [3.05, 3.63) is 45.1 Å². The molecule has 2 rings (SSSR count). The van der Waals surface area contributed by atoms with Gasteiger partial charge in [0.15, 0.2) is 18.1 Å². The molecule has 1 amide bonds. The Hall–Kier alpha value is -1.76. The average molecular weight is 355 g/mol. The number of nitrogens with one attached hydrogen (secondary N) is 1. The molecule has 0 bridgehead atoms. The number of carbonyl (C=O) groups excluding carboxylic acids is 1. The first-order valence-electron chi connectivity index (χ1n) is 7.19. The monoisotopic (exact) mass is 354 g/mol. The summed E-state index contributed by atoms with van der Waals surface area (Å²) in [6, 6.07) is 7.75. The summed E-state index contributed by atoms with van der Waals surface area (Å²) in [6.45, 7) is 3.53. The van der Waals surface area contributed by atoms with Crippen LogP contribution in [0.4, 0.5) is 0 Å². The van der Waals surface area contributed by atoms with Crippen molar-refractivity contribution in [1.29, 1.82) is 0 Å². The Morgan fingerprint density at radius 1 is 1.35 bits per heavy atom. The fourth-order valence-corrected chi connectivity index (χ4v) is 2.98. The van der Waals surface area contributed by atoms with Gasteiger partial charge in [0.2, 0.25) is 0 Å². The van der Waals surface area contributed by atoms with Crippen LogP contribution < -0.4 is 20.5 Å². The van der Waals surface area contributed by atoms with Crippen LogP contribution in [0.5, 0.6) is 11.5 Å². The van der Waals surface area contributed by atoms with Crippen molar-refractivity contribution in [3.8, 4) is 11.5 Å². The minimum atomic E-state index is -0.565. The maximum atomic E-state index is 10.9. The van der Waals surface area contributed by atoms with Crippen LogP contribution in [-0.4, -0.2) is 19.1 Å². The molecule has 7 heteroatoms. The molecular formula is C16H19ClN2O3S. The molecule has 0 unspecified atom stereocenters. The number of halogens is 1. The molecule has 0 aliphatic rings. The maximum Gasteiger partial charge on any atom is 0.255 e. The van der Waals surface area contributed by atoms with Crippen LogP contribution in [0.3, 0.4) is 0 Å². The fraction of sp³-hybridized carbons (Fsp3) is 0.312. The summed E-state index contributed by atoms with van der Waals surface area (Å²) in [7, 11) is 0. The SMILES string of the molecule is CCOc1cc(CNCc2cccs2)cc(Cl)c1OCC(N)=O. The second kappa shape index (κ2) is 8.76. The van der Waals surface area contributed by atoms with E-state index in [1.54, 1.807) is 17.4 Å². The minimum absolute atomic E-state index is 0.240. The van der Waals surface area contributed by atoms with Gasteiger partial charge in [-0.25, -0.2) is 0 Å². The van der Waals surface area contributed by atoms with Crippen LogP contribution in [0.15, 0.2) is 29.6 Å². The van der Waals surface area contributed by atoms with Gasteiger partial charge in [-0.3, -0.25) is 4.79 Å². The Labute approximate surface area is 144 Å². The molecule has 0 aliphatic carbocycles. The Bertz CT molecular complexity index is 647. The summed E-state index contributed by atoms with van der Waals surface area (Å²) in [4.78, 5) is 12.1. The van der Waals surface area contributed by atoms with Crippen LogP contribution in [0, 0.1) is 0 Å². The number of thiophene rings is 1. The molecule has 1 heterocycles. The van der Waals surface area contributed by atoms with Crippen LogP contribution in [-0.2, 0) is 17.9 Å². The summed E-state index contributed by atoms with van der Waals surface area (Å²) < 4.78 is 10.9. The lowest BCUT2D eigenvalue weighted by atomic mass is 10.2. The highest BCUT2D eigenvalue weighted by Crippen LogP contribution is 2.36. The van der Waals surface area contributed by atoms with Crippen molar-refractivity contribution in [2.45, 2.75) is 20.0 Å². The Morgan fingerprint density at radius 3 is 2.83 bits per heavy atom. The van der Waals surface area contributed by atoms with E-state index in [1.807, 2.05) is 24.4 Å². The molecule has 124 valence electrons. The summed E-state index contributed by atoms with van der Waals surface area (Å²) in [6.07, 6.45) is 0. The van der Waals surface area contributed by atoms with E-state index in [0.29, 0.717) is 29.7 Å². The van der Waals surface area contributed by atoms with Crippen molar-refractivity contribution < 1.29 is 14.3 Å². The number of carbonyl (C=O) groups is 1. The number of nitrogens with two attached hydrogens (primary N) is 1. The van der Waals surface area contributed by atoms with E-state index in [4.69, 9.17) is 26.8 Å². The average Bonchev–Trinajstić information content (AvgIpc) is 3.00. The molecule has 0 atom stereocenters. The van der Waals surface area contributed by atoms with E-state index >= 15 is 0 Å².